The summed E-state index contributed by atoms with van der Waals surface area (Å²) in [6, 6.07) is 13.2. The molecule has 0 spiro atoms. The van der Waals surface area contributed by atoms with Gasteiger partial charge in [0.25, 0.3) is 5.91 Å². The van der Waals surface area contributed by atoms with Crippen LogP contribution in [0.5, 0.6) is 5.75 Å². The van der Waals surface area contributed by atoms with E-state index in [9.17, 15) is 4.79 Å². The van der Waals surface area contributed by atoms with Crippen molar-refractivity contribution in [3.8, 4) is 5.75 Å². The molecule has 114 valence electrons. The van der Waals surface area contributed by atoms with Gasteiger partial charge < -0.3 is 10.1 Å². The number of para-hydroxylation sites is 1. The number of carbonyl (C=O) groups is 1. The SMILES string of the molecule is C=C(C)COc1ccccc1C(=O)Nc1ccc(C)cc1C. The Morgan fingerprint density at radius 3 is 2.59 bits per heavy atom. The van der Waals surface area contributed by atoms with E-state index in [0.717, 1.165) is 16.8 Å². The molecule has 1 N–H and O–H groups in total. The van der Waals surface area contributed by atoms with Crippen LogP contribution < -0.4 is 10.1 Å². The van der Waals surface area contributed by atoms with Crippen LogP contribution in [-0.2, 0) is 0 Å². The molecule has 0 heterocycles. The second kappa shape index (κ2) is 6.94. The molecule has 0 unspecified atom stereocenters. The largest absolute Gasteiger partial charge is 0.488 e. The first-order valence-corrected chi connectivity index (χ1v) is 7.22. The van der Waals surface area contributed by atoms with Crippen LogP contribution in [0.25, 0.3) is 0 Å². The fourth-order valence-corrected chi connectivity index (χ4v) is 2.12. The number of hydrogen-bond donors (Lipinski definition) is 1. The summed E-state index contributed by atoms with van der Waals surface area (Å²) in [7, 11) is 0. The lowest BCUT2D eigenvalue weighted by molar-refractivity contribution is 0.102. The molecule has 0 saturated carbocycles. The number of carbonyl (C=O) groups excluding carboxylic acids is 1. The lowest BCUT2D eigenvalue weighted by Gasteiger charge is -2.13. The van der Waals surface area contributed by atoms with Crippen LogP contribution in [0.2, 0.25) is 0 Å². The van der Waals surface area contributed by atoms with Crippen molar-refractivity contribution in [2.24, 2.45) is 0 Å². The molecule has 0 aliphatic heterocycles. The van der Waals surface area contributed by atoms with Crippen molar-refractivity contribution < 1.29 is 9.53 Å². The maximum Gasteiger partial charge on any atom is 0.259 e. The number of aryl methyl sites for hydroxylation is 2. The molecular formula is C19H21NO2. The van der Waals surface area contributed by atoms with Gasteiger partial charge in [0.2, 0.25) is 0 Å². The normalized spacial score (nSPS) is 10.1. The number of hydrogen-bond acceptors (Lipinski definition) is 2. The summed E-state index contributed by atoms with van der Waals surface area (Å²) in [5.74, 6) is 0.386. The van der Waals surface area contributed by atoms with Crippen molar-refractivity contribution in [1.29, 1.82) is 0 Å². The highest BCUT2D eigenvalue weighted by Gasteiger charge is 2.13. The zero-order chi connectivity index (χ0) is 16.1. The average molecular weight is 295 g/mol. The Kier molecular flexibility index (Phi) is 4.99. The van der Waals surface area contributed by atoms with Crippen molar-refractivity contribution in [2.75, 3.05) is 11.9 Å². The highest BCUT2D eigenvalue weighted by molar-refractivity contribution is 6.06. The summed E-state index contributed by atoms with van der Waals surface area (Å²) in [6.45, 7) is 10.1. The van der Waals surface area contributed by atoms with E-state index >= 15 is 0 Å². The summed E-state index contributed by atoms with van der Waals surface area (Å²) >= 11 is 0. The number of benzene rings is 2. The Bertz CT molecular complexity index is 704. The molecule has 22 heavy (non-hydrogen) atoms. The van der Waals surface area contributed by atoms with E-state index in [4.69, 9.17) is 4.74 Å². The van der Waals surface area contributed by atoms with Crippen LogP contribution in [0.1, 0.15) is 28.4 Å². The third-order valence-electron chi connectivity index (χ3n) is 3.24. The molecule has 0 radical (unpaired) electrons. The van der Waals surface area contributed by atoms with Crippen molar-refractivity contribution >= 4 is 11.6 Å². The van der Waals surface area contributed by atoms with E-state index in [1.165, 1.54) is 5.56 Å². The molecule has 0 saturated heterocycles. The standard InChI is InChI=1S/C19H21NO2/c1-13(2)12-22-18-8-6-5-7-16(18)19(21)20-17-10-9-14(3)11-15(17)4/h5-11H,1,12H2,2-4H3,(H,20,21). The molecule has 0 aliphatic carbocycles. The first kappa shape index (κ1) is 15.8. The number of nitrogens with one attached hydrogen (secondary N) is 1. The lowest BCUT2D eigenvalue weighted by Crippen LogP contribution is -2.14. The molecule has 2 aromatic carbocycles. The fraction of sp³-hybridized carbons (Fsp3) is 0.211. The van der Waals surface area contributed by atoms with Crippen LogP contribution in [0.15, 0.2) is 54.6 Å². The molecule has 3 heteroatoms. The van der Waals surface area contributed by atoms with Crippen molar-refractivity contribution in [3.63, 3.8) is 0 Å². The van der Waals surface area contributed by atoms with Gasteiger partial charge in [0.05, 0.1) is 5.56 Å². The topological polar surface area (TPSA) is 38.3 Å². The molecule has 0 fully saturated rings. The Morgan fingerprint density at radius 1 is 1.18 bits per heavy atom. The average Bonchev–Trinajstić information content (AvgIpc) is 2.48. The monoisotopic (exact) mass is 295 g/mol. The first-order chi connectivity index (χ1) is 10.5. The maximum absolute atomic E-state index is 12.5. The molecule has 2 aromatic rings. The highest BCUT2D eigenvalue weighted by atomic mass is 16.5. The second-order valence-electron chi connectivity index (χ2n) is 5.51. The molecule has 0 bridgehead atoms. The van der Waals surface area contributed by atoms with E-state index in [2.05, 4.69) is 11.9 Å². The Labute approximate surface area is 131 Å². The van der Waals surface area contributed by atoms with Gasteiger partial charge in [-0.3, -0.25) is 4.79 Å². The van der Waals surface area contributed by atoms with E-state index in [-0.39, 0.29) is 5.91 Å². The Hall–Kier alpha value is -2.55. The highest BCUT2D eigenvalue weighted by Crippen LogP contribution is 2.22. The third-order valence-corrected chi connectivity index (χ3v) is 3.24. The fourth-order valence-electron chi connectivity index (χ4n) is 2.12. The smallest absolute Gasteiger partial charge is 0.259 e. The van der Waals surface area contributed by atoms with Gasteiger partial charge in [-0.1, -0.05) is 36.4 Å². The number of rotatable bonds is 5. The van der Waals surface area contributed by atoms with E-state index in [1.807, 2.05) is 51.1 Å². The van der Waals surface area contributed by atoms with Gasteiger partial charge in [0.15, 0.2) is 0 Å². The minimum absolute atomic E-state index is 0.177. The van der Waals surface area contributed by atoms with Crippen molar-refractivity contribution in [2.45, 2.75) is 20.8 Å². The molecule has 1 amide bonds. The van der Waals surface area contributed by atoms with Crippen LogP contribution in [0.3, 0.4) is 0 Å². The van der Waals surface area contributed by atoms with E-state index < -0.39 is 0 Å². The molecular weight excluding hydrogens is 274 g/mol. The summed E-state index contributed by atoms with van der Waals surface area (Å²) in [6.07, 6.45) is 0. The van der Waals surface area contributed by atoms with Gasteiger partial charge in [-0.05, 0) is 50.1 Å². The summed E-state index contributed by atoms with van der Waals surface area (Å²) < 4.78 is 5.65. The summed E-state index contributed by atoms with van der Waals surface area (Å²) in [4.78, 5) is 12.5. The van der Waals surface area contributed by atoms with E-state index in [1.54, 1.807) is 12.1 Å². The van der Waals surface area contributed by atoms with Gasteiger partial charge in [-0.25, -0.2) is 0 Å². The van der Waals surface area contributed by atoms with E-state index in [0.29, 0.717) is 17.9 Å². The minimum atomic E-state index is -0.177. The number of anilines is 1. The third kappa shape index (κ3) is 3.98. The van der Waals surface area contributed by atoms with Gasteiger partial charge in [-0.2, -0.15) is 0 Å². The second-order valence-corrected chi connectivity index (χ2v) is 5.51. The molecule has 0 aromatic heterocycles. The van der Waals surface area contributed by atoms with Gasteiger partial charge in [-0.15, -0.1) is 0 Å². The van der Waals surface area contributed by atoms with Crippen LogP contribution in [0.4, 0.5) is 5.69 Å². The van der Waals surface area contributed by atoms with Gasteiger partial charge >= 0.3 is 0 Å². The van der Waals surface area contributed by atoms with Crippen LogP contribution in [0, 0.1) is 13.8 Å². The molecule has 2 rings (SSSR count). The van der Waals surface area contributed by atoms with Crippen molar-refractivity contribution in [1.82, 2.24) is 0 Å². The Balaban J connectivity index is 2.20. The molecule has 0 atom stereocenters. The predicted octanol–water partition coefficient (Wildman–Crippen LogP) is 4.51. The zero-order valence-electron chi connectivity index (χ0n) is 13.3. The zero-order valence-corrected chi connectivity index (χ0v) is 13.3. The quantitative estimate of drug-likeness (QED) is 0.824. The maximum atomic E-state index is 12.5. The lowest BCUT2D eigenvalue weighted by atomic mass is 10.1. The Morgan fingerprint density at radius 2 is 1.91 bits per heavy atom. The van der Waals surface area contributed by atoms with Crippen LogP contribution in [-0.4, -0.2) is 12.5 Å². The van der Waals surface area contributed by atoms with Crippen molar-refractivity contribution in [3.05, 3.63) is 71.3 Å². The first-order valence-electron chi connectivity index (χ1n) is 7.22. The number of ether oxygens (including phenoxy) is 1. The van der Waals surface area contributed by atoms with Gasteiger partial charge in [0.1, 0.15) is 12.4 Å². The minimum Gasteiger partial charge on any atom is -0.488 e. The van der Waals surface area contributed by atoms with Crippen LogP contribution >= 0.6 is 0 Å². The summed E-state index contributed by atoms with van der Waals surface area (Å²) in [5, 5.41) is 2.94. The number of amides is 1. The molecule has 3 nitrogen and oxygen atoms in total. The predicted molar refractivity (Wildman–Crippen MR) is 90.6 cm³/mol. The van der Waals surface area contributed by atoms with Gasteiger partial charge in [0, 0.05) is 5.69 Å². The molecule has 0 aliphatic rings. The summed E-state index contributed by atoms with van der Waals surface area (Å²) in [5.41, 5.74) is 4.44.